The lowest BCUT2D eigenvalue weighted by Gasteiger charge is -2.17. The monoisotopic (exact) mass is 358 g/mol. The van der Waals surface area contributed by atoms with Crippen molar-refractivity contribution in [2.75, 3.05) is 14.1 Å². The van der Waals surface area contributed by atoms with Gasteiger partial charge in [0.2, 0.25) is 0 Å². The Bertz CT molecular complexity index is 888. The van der Waals surface area contributed by atoms with Gasteiger partial charge in [0.15, 0.2) is 0 Å². The maximum absolute atomic E-state index is 12.9. The lowest BCUT2D eigenvalue weighted by Crippen LogP contribution is -2.25. The molecule has 0 spiro atoms. The number of aryl methyl sites for hydroxylation is 2. The Balaban J connectivity index is 2.00. The van der Waals surface area contributed by atoms with Crippen LogP contribution in [0, 0.1) is 13.8 Å². The van der Waals surface area contributed by atoms with E-state index in [9.17, 15) is 9.59 Å². The summed E-state index contributed by atoms with van der Waals surface area (Å²) >= 11 is 2.95. The van der Waals surface area contributed by atoms with Crippen LogP contribution in [0.2, 0.25) is 0 Å². The van der Waals surface area contributed by atoms with Crippen molar-refractivity contribution in [1.82, 2.24) is 19.8 Å². The first-order valence-electron chi connectivity index (χ1n) is 7.30. The zero-order chi connectivity index (χ0) is 17.2. The molecule has 4 heterocycles. The molecule has 2 aromatic rings. The largest absolute Gasteiger partial charge is 0.308 e. The van der Waals surface area contributed by atoms with Gasteiger partial charge in [-0.1, -0.05) is 0 Å². The average Bonchev–Trinajstić information content (AvgIpc) is 3.25. The third kappa shape index (κ3) is 1.93. The first-order valence-corrected chi connectivity index (χ1v) is 8.94. The highest BCUT2D eigenvalue weighted by atomic mass is 32.1. The number of fused-ring (bicyclic) bond motifs is 1. The molecule has 0 bridgehead atoms. The Morgan fingerprint density at radius 1 is 0.792 bits per heavy atom. The molecule has 0 radical (unpaired) electrons. The molecule has 2 amide bonds. The van der Waals surface area contributed by atoms with E-state index in [1.165, 1.54) is 32.5 Å². The highest BCUT2D eigenvalue weighted by molar-refractivity contribution is 7.13. The van der Waals surface area contributed by atoms with E-state index in [4.69, 9.17) is 0 Å². The molecule has 4 rings (SSSR count). The predicted octanol–water partition coefficient (Wildman–Crippen LogP) is 2.28. The normalized spacial score (nSPS) is 17.7. The maximum Gasteiger partial charge on any atom is 0.261 e. The number of likely N-dealkylation sites (N-methyl/N-ethyl adjacent to an activating group) is 2. The fourth-order valence-electron chi connectivity index (χ4n) is 2.96. The SMILES string of the molecule is Cc1cnc(C2=C3C(=O)N(C)C(c4ncc(C)s4)=C3C(=O)N2C)s1. The van der Waals surface area contributed by atoms with Crippen molar-refractivity contribution >= 4 is 45.9 Å². The second-order valence-corrected chi connectivity index (χ2v) is 8.20. The number of amides is 2. The Labute approximate surface area is 146 Å². The minimum atomic E-state index is -0.187. The molecule has 2 aromatic heterocycles. The maximum atomic E-state index is 12.9. The summed E-state index contributed by atoms with van der Waals surface area (Å²) in [6, 6.07) is 0. The van der Waals surface area contributed by atoms with Gasteiger partial charge >= 0.3 is 0 Å². The van der Waals surface area contributed by atoms with Gasteiger partial charge in [-0.2, -0.15) is 0 Å². The summed E-state index contributed by atoms with van der Waals surface area (Å²) in [6.07, 6.45) is 3.50. The van der Waals surface area contributed by atoms with E-state index in [0.717, 1.165) is 9.75 Å². The van der Waals surface area contributed by atoms with E-state index in [0.29, 0.717) is 32.6 Å². The second-order valence-electron chi connectivity index (χ2n) is 5.73. The first-order chi connectivity index (χ1) is 11.4. The van der Waals surface area contributed by atoms with Gasteiger partial charge in [-0.05, 0) is 13.8 Å². The van der Waals surface area contributed by atoms with Crippen molar-refractivity contribution < 1.29 is 9.59 Å². The average molecular weight is 358 g/mol. The molecule has 8 heteroatoms. The number of carbonyl (C=O) groups is 2. The summed E-state index contributed by atoms with van der Waals surface area (Å²) in [5, 5.41) is 1.37. The van der Waals surface area contributed by atoms with E-state index in [-0.39, 0.29) is 11.8 Å². The zero-order valence-electron chi connectivity index (χ0n) is 13.6. The molecule has 0 atom stereocenters. The van der Waals surface area contributed by atoms with Crippen molar-refractivity contribution in [3.05, 3.63) is 43.3 Å². The van der Waals surface area contributed by atoms with Crippen LogP contribution in [0.15, 0.2) is 23.5 Å². The quantitative estimate of drug-likeness (QED) is 0.826. The topological polar surface area (TPSA) is 66.4 Å². The smallest absolute Gasteiger partial charge is 0.261 e. The van der Waals surface area contributed by atoms with Crippen LogP contribution in [0.3, 0.4) is 0 Å². The van der Waals surface area contributed by atoms with Crippen LogP contribution in [0.25, 0.3) is 11.4 Å². The molecular weight excluding hydrogens is 344 g/mol. The van der Waals surface area contributed by atoms with E-state index < -0.39 is 0 Å². The van der Waals surface area contributed by atoms with Crippen LogP contribution in [0.5, 0.6) is 0 Å². The van der Waals surface area contributed by atoms with Gasteiger partial charge in [-0.3, -0.25) is 9.59 Å². The fraction of sp³-hybridized carbons (Fsp3) is 0.250. The van der Waals surface area contributed by atoms with Crippen LogP contribution in [-0.4, -0.2) is 45.7 Å². The summed E-state index contributed by atoms with van der Waals surface area (Å²) in [6.45, 7) is 3.90. The molecular formula is C16H14N4O2S2. The molecule has 2 aliphatic rings. The van der Waals surface area contributed by atoms with E-state index in [2.05, 4.69) is 9.97 Å². The van der Waals surface area contributed by atoms with Crippen LogP contribution in [-0.2, 0) is 9.59 Å². The highest BCUT2D eigenvalue weighted by Gasteiger charge is 2.48. The van der Waals surface area contributed by atoms with Crippen molar-refractivity contribution in [3.8, 4) is 0 Å². The van der Waals surface area contributed by atoms with Gasteiger partial charge in [-0.25, -0.2) is 9.97 Å². The zero-order valence-corrected chi connectivity index (χ0v) is 15.2. The van der Waals surface area contributed by atoms with E-state index >= 15 is 0 Å². The van der Waals surface area contributed by atoms with E-state index in [1.54, 1.807) is 26.5 Å². The standard InChI is InChI=1S/C16H14N4O2S2/c1-7-5-17-13(23-7)11-9-10(16(22)19(11)3)12(20(4)15(9)21)14-18-6-8(2)24-14/h5-6H,1-4H3. The van der Waals surface area contributed by atoms with Gasteiger partial charge < -0.3 is 9.80 Å². The number of thiazole rings is 2. The third-order valence-electron chi connectivity index (χ3n) is 4.08. The molecule has 0 aromatic carbocycles. The number of carbonyl (C=O) groups excluding carboxylic acids is 2. The van der Waals surface area contributed by atoms with Gasteiger partial charge in [0.25, 0.3) is 11.8 Å². The molecule has 0 fully saturated rings. The predicted molar refractivity (Wildman–Crippen MR) is 93.1 cm³/mol. The second kappa shape index (κ2) is 5.09. The van der Waals surface area contributed by atoms with Crippen molar-refractivity contribution in [2.24, 2.45) is 0 Å². The molecule has 0 saturated carbocycles. The van der Waals surface area contributed by atoms with Crippen molar-refractivity contribution in [3.63, 3.8) is 0 Å². The number of rotatable bonds is 2. The first kappa shape index (κ1) is 15.2. The number of hydrogen-bond donors (Lipinski definition) is 0. The third-order valence-corrected chi connectivity index (χ3v) is 5.92. The minimum Gasteiger partial charge on any atom is -0.308 e. The summed E-state index contributed by atoms with van der Waals surface area (Å²) in [7, 11) is 3.37. The van der Waals surface area contributed by atoms with Gasteiger partial charge in [0.05, 0.1) is 22.5 Å². The summed E-state index contributed by atoms with van der Waals surface area (Å²) < 4.78 is 0. The van der Waals surface area contributed by atoms with Crippen LogP contribution in [0.1, 0.15) is 19.8 Å². The fourth-order valence-corrected chi connectivity index (χ4v) is 4.66. The molecule has 0 saturated heterocycles. The summed E-state index contributed by atoms with van der Waals surface area (Å²) in [5.74, 6) is -0.373. The Kier molecular flexibility index (Phi) is 3.23. The lowest BCUT2D eigenvalue weighted by atomic mass is 10.1. The summed E-state index contributed by atoms with van der Waals surface area (Å²) in [5.41, 5.74) is 2.05. The Morgan fingerprint density at radius 3 is 1.46 bits per heavy atom. The molecule has 0 aliphatic carbocycles. The molecule has 122 valence electrons. The lowest BCUT2D eigenvalue weighted by molar-refractivity contribution is -0.123. The summed E-state index contributed by atoms with van der Waals surface area (Å²) in [4.78, 5) is 39.6. The molecule has 0 N–H and O–H groups in total. The van der Waals surface area contributed by atoms with Crippen molar-refractivity contribution in [2.45, 2.75) is 13.8 Å². The molecule has 2 aliphatic heterocycles. The van der Waals surface area contributed by atoms with Gasteiger partial charge in [0.1, 0.15) is 10.0 Å². The van der Waals surface area contributed by atoms with Crippen LogP contribution in [0.4, 0.5) is 0 Å². The Hall–Kier alpha value is -2.32. The van der Waals surface area contributed by atoms with Crippen molar-refractivity contribution in [1.29, 1.82) is 0 Å². The number of nitrogens with zero attached hydrogens (tertiary/aromatic N) is 4. The molecule has 0 unspecified atom stereocenters. The van der Waals surface area contributed by atoms with Gasteiger partial charge in [0, 0.05) is 36.2 Å². The Morgan fingerprint density at radius 2 is 1.17 bits per heavy atom. The molecule has 24 heavy (non-hydrogen) atoms. The number of aromatic nitrogens is 2. The van der Waals surface area contributed by atoms with Gasteiger partial charge in [-0.15, -0.1) is 22.7 Å². The van der Waals surface area contributed by atoms with Crippen LogP contribution < -0.4 is 0 Å². The van der Waals surface area contributed by atoms with Crippen LogP contribution >= 0.6 is 22.7 Å². The highest BCUT2D eigenvalue weighted by Crippen LogP contribution is 2.46. The number of hydrogen-bond acceptors (Lipinski definition) is 6. The van der Waals surface area contributed by atoms with E-state index in [1.807, 2.05) is 13.8 Å². The molecule has 6 nitrogen and oxygen atoms in total. The minimum absolute atomic E-state index is 0.187.